The van der Waals surface area contributed by atoms with Gasteiger partial charge in [-0.05, 0) is 42.3 Å². The average molecular weight is 261 g/mol. The second-order valence-electron chi connectivity index (χ2n) is 4.92. The first-order chi connectivity index (χ1) is 9.72. The van der Waals surface area contributed by atoms with Crippen LogP contribution in [-0.4, -0.2) is 19.4 Å². The first kappa shape index (κ1) is 12.7. The molecule has 0 bridgehead atoms. The Labute approximate surface area is 119 Å². The predicted octanol–water partition coefficient (Wildman–Crippen LogP) is 2.20. The van der Waals surface area contributed by atoms with E-state index in [2.05, 4.69) is 22.6 Å². The highest BCUT2D eigenvalue weighted by Crippen LogP contribution is 2.17. The number of aromatic nitrogens is 1. The molecule has 3 nitrogen and oxygen atoms in total. The SMILES string of the molecule is [B]c1ccc2c(CCNc3ccc(N)cc3)c[nH]c2c1. The molecule has 0 spiro atoms. The summed E-state index contributed by atoms with van der Waals surface area (Å²) in [6, 6.07) is 13.8. The van der Waals surface area contributed by atoms with Crippen LogP contribution in [0.4, 0.5) is 11.4 Å². The molecular formula is C16H16BN3. The molecule has 4 heteroatoms. The van der Waals surface area contributed by atoms with Crippen molar-refractivity contribution in [2.75, 3.05) is 17.6 Å². The largest absolute Gasteiger partial charge is 0.399 e. The van der Waals surface area contributed by atoms with Crippen LogP contribution in [0.3, 0.4) is 0 Å². The number of hydrogen-bond donors (Lipinski definition) is 3. The van der Waals surface area contributed by atoms with Gasteiger partial charge < -0.3 is 16.0 Å². The lowest BCUT2D eigenvalue weighted by Crippen LogP contribution is -2.04. The first-order valence-corrected chi connectivity index (χ1v) is 6.67. The van der Waals surface area contributed by atoms with Crippen molar-refractivity contribution in [2.45, 2.75) is 6.42 Å². The van der Waals surface area contributed by atoms with Gasteiger partial charge in [-0.25, -0.2) is 0 Å². The molecule has 0 aliphatic rings. The standard InChI is InChI=1S/C16H16BN3/c17-12-1-6-15-11(10-20-16(15)9-12)7-8-19-14-4-2-13(18)3-5-14/h1-6,9-10,19-20H,7-8,18H2. The smallest absolute Gasteiger partial charge is 0.113 e. The van der Waals surface area contributed by atoms with Gasteiger partial charge in [0.25, 0.3) is 0 Å². The molecule has 0 saturated carbocycles. The Morgan fingerprint density at radius 1 is 1.10 bits per heavy atom. The van der Waals surface area contributed by atoms with Gasteiger partial charge in [0.15, 0.2) is 0 Å². The van der Waals surface area contributed by atoms with Gasteiger partial charge in [-0.15, -0.1) is 0 Å². The second-order valence-corrected chi connectivity index (χ2v) is 4.92. The summed E-state index contributed by atoms with van der Waals surface area (Å²) in [5, 5.41) is 4.63. The van der Waals surface area contributed by atoms with Crippen molar-refractivity contribution in [1.82, 2.24) is 4.98 Å². The Bertz CT molecular complexity index is 716. The second kappa shape index (κ2) is 5.33. The molecule has 2 radical (unpaired) electrons. The van der Waals surface area contributed by atoms with Gasteiger partial charge in [-0.2, -0.15) is 0 Å². The molecule has 2 aromatic carbocycles. The summed E-state index contributed by atoms with van der Waals surface area (Å²) in [4.78, 5) is 3.26. The van der Waals surface area contributed by atoms with E-state index in [9.17, 15) is 0 Å². The molecule has 0 aliphatic heterocycles. The number of H-pyrrole nitrogens is 1. The van der Waals surface area contributed by atoms with Gasteiger partial charge >= 0.3 is 0 Å². The number of rotatable bonds is 4. The van der Waals surface area contributed by atoms with E-state index in [1.807, 2.05) is 36.4 Å². The average Bonchev–Trinajstić information content (AvgIpc) is 2.83. The van der Waals surface area contributed by atoms with Crippen molar-refractivity contribution in [3.63, 3.8) is 0 Å². The minimum Gasteiger partial charge on any atom is -0.399 e. The van der Waals surface area contributed by atoms with E-state index < -0.39 is 0 Å². The molecule has 1 heterocycles. The molecule has 0 atom stereocenters. The Balaban J connectivity index is 1.66. The van der Waals surface area contributed by atoms with E-state index in [0.29, 0.717) is 0 Å². The summed E-state index contributed by atoms with van der Waals surface area (Å²) < 4.78 is 0. The number of benzene rings is 2. The van der Waals surface area contributed by atoms with Crippen molar-refractivity contribution < 1.29 is 0 Å². The molecule has 0 aliphatic carbocycles. The number of aromatic amines is 1. The summed E-state index contributed by atoms with van der Waals surface area (Å²) in [7, 11) is 5.78. The fraction of sp³-hybridized carbons (Fsp3) is 0.125. The Kier molecular flexibility index (Phi) is 3.38. The zero-order chi connectivity index (χ0) is 13.9. The highest BCUT2D eigenvalue weighted by Gasteiger charge is 2.03. The molecule has 4 N–H and O–H groups in total. The number of hydrogen-bond acceptors (Lipinski definition) is 2. The van der Waals surface area contributed by atoms with Crippen molar-refractivity contribution in [3.8, 4) is 0 Å². The van der Waals surface area contributed by atoms with E-state index in [1.165, 1.54) is 10.9 Å². The molecule has 0 fully saturated rings. The van der Waals surface area contributed by atoms with Gasteiger partial charge in [-0.1, -0.05) is 17.6 Å². The Morgan fingerprint density at radius 2 is 1.90 bits per heavy atom. The van der Waals surface area contributed by atoms with Gasteiger partial charge in [0.1, 0.15) is 7.85 Å². The topological polar surface area (TPSA) is 53.8 Å². The maximum Gasteiger partial charge on any atom is 0.113 e. The molecule has 0 amide bonds. The zero-order valence-electron chi connectivity index (χ0n) is 11.2. The van der Waals surface area contributed by atoms with E-state index >= 15 is 0 Å². The number of nitrogens with one attached hydrogen (secondary N) is 2. The Morgan fingerprint density at radius 3 is 2.70 bits per heavy atom. The Hall–Kier alpha value is -2.36. The third kappa shape index (κ3) is 2.64. The lowest BCUT2D eigenvalue weighted by atomic mass is 9.95. The molecule has 98 valence electrons. The summed E-state index contributed by atoms with van der Waals surface area (Å²) in [5.74, 6) is 0. The molecular weight excluding hydrogens is 245 g/mol. The van der Waals surface area contributed by atoms with Crippen molar-refractivity contribution in [3.05, 3.63) is 54.2 Å². The quantitative estimate of drug-likeness (QED) is 0.498. The van der Waals surface area contributed by atoms with E-state index in [-0.39, 0.29) is 0 Å². The lowest BCUT2D eigenvalue weighted by Gasteiger charge is -2.06. The van der Waals surface area contributed by atoms with E-state index in [1.54, 1.807) is 0 Å². The molecule has 20 heavy (non-hydrogen) atoms. The monoisotopic (exact) mass is 261 g/mol. The molecule has 1 aromatic heterocycles. The van der Waals surface area contributed by atoms with Crippen LogP contribution < -0.4 is 16.5 Å². The maximum atomic E-state index is 5.78. The summed E-state index contributed by atoms with van der Waals surface area (Å²) >= 11 is 0. The highest BCUT2D eigenvalue weighted by atomic mass is 14.9. The number of nitrogens with two attached hydrogens (primary N) is 1. The number of anilines is 2. The van der Waals surface area contributed by atoms with Gasteiger partial charge in [0.05, 0.1) is 0 Å². The predicted molar refractivity (Wildman–Crippen MR) is 86.7 cm³/mol. The minimum atomic E-state index is 0.782. The van der Waals surface area contributed by atoms with Crippen molar-refractivity contribution in [2.24, 2.45) is 0 Å². The number of nitrogen functional groups attached to an aromatic ring is 1. The summed E-state index contributed by atoms with van der Waals surface area (Å²) in [6.07, 6.45) is 3.00. The molecule has 3 aromatic rings. The van der Waals surface area contributed by atoms with Crippen LogP contribution in [0.25, 0.3) is 10.9 Å². The third-order valence-corrected chi connectivity index (χ3v) is 3.43. The van der Waals surface area contributed by atoms with E-state index in [4.69, 9.17) is 13.6 Å². The van der Waals surface area contributed by atoms with Gasteiger partial charge in [0, 0.05) is 35.0 Å². The maximum absolute atomic E-state index is 5.78. The van der Waals surface area contributed by atoms with Crippen LogP contribution in [0.1, 0.15) is 5.56 Å². The normalized spacial score (nSPS) is 10.8. The lowest BCUT2D eigenvalue weighted by molar-refractivity contribution is 1.03. The fourth-order valence-corrected chi connectivity index (χ4v) is 2.35. The van der Waals surface area contributed by atoms with Crippen molar-refractivity contribution >= 4 is 35.6 Å². The van der Waals surface area contributed by atoms with Crippen LogP contribution in [0.15, 0.2) is 48.7 Å². The van der Waals surface area contributed by atoms with E-state index in [0.717, 1.165) is 35.3 Å². The molecule has 3 rings (SSSR count). The molecule has 0 unspecified atom stereocenters. The van der Waals surface area contributed by atoms with Crippen LogP contribution >= 0.6 is 0 Å². The first-order valence-electron chi connectivity index (χ1n) is 6.67. The third-order valence-electron chi connectivity index (χ3n) is 3.43. The van der Waals surface area contributed by atoms with Crippen LogP contribution in [0.5, 0.6) is 0 Å². The zero-order valence-corrected chi connectivity index (χ0v) is 11.2. The van der Waals surface area contributed by atoms with Gasteiger partial charge in [0.2, 0.25) is 0 Å². The molecule has 0 saturated heterocycles. The number of fused-ring (bicyclic) bond motifs is 1. The summed E-state index contributed by atoms with van der Waals surface area (Å²) in [5.41, 5.74) is 10.7. The van der Waals surface area contributed by atoms with Crippen LogP contribution in [-0.2, 0) is 6.42 Å². The van der Waals surface area contributed by atoms with Crippen LogP contribution in [0.2, 0.25) is 0 Å². The summed E-state index contributed by atoms with van der Waals surface area (Å²) in [6.45, 7) is 0.876. The fourth-order valence-electron chi connectivity index (χ4n) is 2.35. The van der Waals surface area contributed by atoms with Gasteiger partial charge in [-0.3, -0.25) is 0 Å². The minimum absolute atomic E-state index is 0.782. The van der Waals surface area contributed by atoms with Crippen LogP contribution in [0, 0.1) is 0 Å². The highest BCUT2D eigenvalue weighted by molar-refractivity contribution is 6.33. The van der Waals surface area contributed by atoms with Crippen molar-refractivity contribution in [1.29, 1.82) is 0 Å².